The van der Waals surface area contributed by atoms with Gasteiger partial charge < -0.3 is 9.47 Å². The molecule has 0 aromatic carbocycles. The topological polar surface area (TPSA) is 18.5 Å². The van der Waals surface area contributed by atoms with Gasteiger partial charge in [-0.15, -0.1) is 0 Å². The Kier molecular flexibility index (Phi) is 12.2. The molecule has 1 aliphatic rings. The second kappa shape index (κ2) is 14.1. The molecule has 0 N–H and O–H groups in total. The molecular formula is C19H32O2. The maximum Gasteiger partial charge on any atom is 0.157 e. The summed E-state index contributed by atoms with van der Waals surface area (Å²) in [7, 11) is 0. The molecule has 2 heteroatoms. The number of allylic oxidation sites excluding steroid dienone is 5. The van der Waals surface area contributed by atoms with Gasteiger partial charge >= 0.3 is 0 Å². The van der Waals surface area contributed by atoms with Crippen LogP contribution in [0.3, 0.4) is 0 Å². The Hall–Kier alpha value is -0.860. The van der Waals surface area contributed by atoms with Gasteiger partial charge in [-0.3, -0.25) is 0 Å². The molecule has 1 heterocycles. The summed E-state index contributed by atoms with van der Waals surface area (Å²) in [5.74, 6) is 0. The van der Waals surface area contributed by atoms with Crippen LogP contribution < -0.4 is 0 Å². The van der Waals surface area contributed by atoms with E-state index in [1.807, 2.05) is 0 Å². The molecule has 2 nitrogen and oxygen atoms in total. The Balaban J connectivity index is 1.90. The molecule has 0 aliphatic carbocycles. The molecule has 1 aliphatic heterocycles. The first-order valence-electron chi connectivity index (χ1n) is 8.61. The summed E-state index contributed by atoms with van der Waals surface area (Å²) in [6.45, 7) is 3.76. The number of unbranched alkanes of at least 4 members (excludes halogenated alkanes) is 3. The average molecular weight is 292 g/mol. The zero-order chi connectivity index (χ0) is 15.0. The highest BCUT2D eigenvalue weighted by Gasteiger charge is 2.12. The van der Waals surface area contributed by atoms with Crippen LogP contribution in [0.25, 0.3) is 0 Å². The number of hydrogen-bond acceptors (Lipinski definition) is 2. The van der Waals surface area contributed by atoms with E-state index in [0.717, 1.165) is 25.9 Å². The first-order valence-corrected chi connectivity index (χ1v) is 8.61. The van der Waals surface area contributed by atoms with E-state index in [-0.39, 0.29) is 6.29 Å². The summed E-state index contributed by atoms with van der Waals surface area (Å²) < 4.78 is 11.1. The molecule has 1 fully saturated rings. The van der Waals surface area contributed by atoms with Crippen molar-refractivity contribution in [3.63, 3.8) is 0 Å². The van der Waals surface area contributed by atoms with E-state index < -0.39 is 0 Å². The third-order valence-electron chi connectivity index (χ3n) is 3.53. The van der Waals surface area contributed by atoms with Crippen LogP contribution in [0.15, 0.2) is 36.5 Å². The van der Waals surface area contributed by atoms with Crippen molar-refractivity contribution < 1.29 is 9.47 Å². The lowest BCUT2D eigenvalue weighted by Crippen LogP contribution is -2.22. The molecule has 0 saturated carbocycles. The van der Waals surface area contributed by atoms with Crippen LogP contribution in [-0.2, 0) is 9.47 Å². The van der Waals surface area contributed by atoms with Gasteiger partial charge in [-0.1, -0.05) is 56.2 Å². The van der Waals surface area contributed by atoms with E-state index in [4.69, 9.17) is 9.47 Å². The maximum atomic E-state index is 5.63. The second-order valence-electron chi connectivity index (χ2n) is 5.51. The molecule has 0 radical (unpaired) electrons. The Morgan fingerprint density at radius 3 is 2.43 bits per heavy atom. The first kappa shape index (κ1) is 18.2. The molecule has 0 aromatic rings. The molecule has 21 heavy (non-hydrogen) atoms. The van der Waals surface area contributed by atoms with Gasteiger partial charge in [-0.05, 0) is 44.9 Å². The lowest BCUT2D eigenvalue weighted by molar-refractivity contribution is -0.155. The van der Waals surface area contributed by atoms with Crippen molar-refractivity contribution >= 4 is 0 Å². The largest absolute Gasteiger partial charge is 0.353 e. The fourth-order valence-corrected chi connectivity index (χ4v) is 2.25. The molecule has 1 atom stereocenters. The van der Waals surface area contributed by atoms with E-state index in [9.17, 15) is 0 Å². The monoisotopic (exact) mass is 292 g/mol. The fraction of sp³-hybridized carbons (Fsp3) is 0.684. The molecule has 0 unspecified atom stereocenters. The van der Waals surface area contributed by atoms with Gasteiger partial charge in [-0.25, -0.2) is 0 Å². The van der Waals surface area contributed by atoms with Crippen LogP contribution in [0.2, 0.25) is 0 Å². The van der Waals surface area contributed by atoms with Crippen molar-refractivity contribution in [3.8, 4) is 0 Å². The predicted molar refractivity (Wildman–Crippen MR) is 90.3 cm³/mol. The molecule has 1 rings (SSSR count). The van der Waals surface area contributed by atoms with Crippen molar-refractivity contribution in [3.05, 3.63) is 36.5 Å². The van der Waals surface area contributed by atoms with E-state index >= 15 is 0 Å². The van der Waals surface area contributed by atoms with Crippen LogP contribution in [0.4, 0.5) is 0 Å². The fourth-order valence-electron chi connectivity index (χ4n) is 2.25. The molecule has 120 valence electrons. The number of hydrogen-bond donors (Lipinski definition) is 0. The number of ether oxygens (including phenoxy) is 2. The van der Waals surface area contributed by atoms with Crippen molar-refractivity contribution in [2.45, 2.75) is 71.0 Å². The van der Waals surface area contributed by atoms with Gasteiger partial charge in [0.1, 0.15) is 0 Å². The standard InChI is InChI=1S/C19H32O2/c1-2-3-4-5-6-7-8-9-10-11-12-14-17-20-19-16-13-15-18-21-19/h6-7,9-10,12,14,19H,2-5,8,11,13,15-18H2,1H3/b7-6-,10-9-,14-12-/t19-/m1/s1. The molecule has 0 spiro atoms. The van der Waals surface area contributed by atoms with Gasteiger partial charge in [-0.2, -0.15) is 0 Å². The van der Waals surface area contributed by atoms with E-state index in [2.05, 4.69) is 43.4 Å². The van der Waals surface area contributed by atoms with Crippen LogP contribution in [0, 0.1) is 0 Å². The number of rotatable bonds is 11. The third kappa shape index (κ3) is 11.5. The molecule has 0 amide bonds. The summed E-state index contributed by atoms with van der Waals surface area (Å²) in [6, 6.07) is 0. The van der Waals surface area contributed by atoms with Crippen LogP contribution in [0.1, 0.15) is 64.7 Å². The van der Waals surface area contributed by atoms with Gasteiger partial charge in [0, 0.05) is 6.61 Å². The highest BCUT2D eigenvalue weighted by molar-refractivity contribution is 4.97. The lowest BCUT2D eigenvalue weighted by atomic mass is 10.2. The minimum atomic E-state index is 0.0248. The summed E-state index contributed by atoms with van der Waals surface area (Å²) in [5.41, 5.74) is 0. The van der Waals surface area contributed by atoms with E-state index in [0.29, 0.717) is 6.61 Å². The quantitative estimate of drug-likeness (QED) is 0.367. The Morgan fingerprint density at radius 1 is 0.952 bits per heavy atom. The summed E-state index contributed by atoms with van der Waals surface area (Å²) in [6.07, 6.45) is 23.9. The van der Waals surface area contributed by atoms with Crippen molar-refractivity contribution in [2.24, 2.45) is 0 Å². The summed E-state index contributed by atoms with van der Waals surface area (Å²) in [5, 5.41) is 0. The zero-order valence-electron chi connectivity index (χ0n) is 13.6. The molecule has 0 bridgehead atoms. The van der Waals surface area contributed by atoms with E-state index in [1.165, 1.54) is 38.5 Å². The maximum absolute atomic E-state index is 5.63. The minimum absolute atomic E-state index is 0.0248. The Bertz CT molecular complexity index is 299. The van der Waals surface area contributed by atoms with Gasteiger partial charge in [0.05, 0.1) is 6.61 Å². The zero-order valence-corrected chi connectivity index (χ0v) is 13.6. The first-order chi connectivity index (χ1) is 10.4. The summed E-state index contributed by atoms with van der Waals surface area (Å²) in [4.78, 5) is 0. The lowest BCUT2D eigenvalue weighted by Gasteiger charge is -2.21. The average Bonchev–Trinajstić information content (AvgIpc) is 2.53. The van der Waals surface area contributed by atoms with Crippen molar-refractivity contribution in [2.75, 3.05) is 13.2 Å². The minimum Gasteiger partial charge on any atom is -0.353 e. The van der Waals surface area contributed by atoms with Crippen LogP contribution in [0.5, 0.6) is 0 Å². The summed E-state index contributed by atoms with van der Waals surface area (Å²) >= 11 is 0. The Morgan fingerprint density at radius 2 is 1.71 bits per heavy atom. The molecule has 0 aromatic heterocycles. The molecular weight excluding hydrogens is 260 g/mol. The SMILES string of the molecule is CCCCC/C=C\C/C=C\C/C=C\CO[C@H]1CCCCO1. The van der Waals surface area contributed by atoms with Crippen LogP contribution in [-0.4, -0.2) is 19.5 Å². The van der Waals surface area contributed by atoms with Gasteiger partial charge in [0.15, 0.2) is 6.29 Å². The van der Waals surface area contributed by atoms with Crippen molar-refractivity contribution in [1.29, 1.82) is 0 Å². The van der Waals surface area contributed by atoms with E-state index in [1.54, 1.807) is 0 Å². The van der Waals surface area contributed by atoms with Crippen molar-refractivity contribution in [1.82, 2.24) is 0 Å². The van der Waals surface area contributed by atoms with Gasteiger partial charge in [0.2, 0.25) is 0 Å². The highest BCUT2D eigenvalue weighted by atomic mass is 16.7. The predicted octanol–water partition coefficient (Wildman–Crippen LogP) is 5.56. The highest BCUT2D eigenvalue weighted by Crippen LogP contribution is 2.13. The third-order valence-corrected chi connectivity index (χ3v) is 3.53. The smallest absolute Gasteiger partial charge is 0.157 e. The van der Waals surface area contributed by atoms with Gasteiger partial charge in [0.25, 0.3) is 0 Å². The Labute approximate surface area is 130 Å². The normalized spacial score (nSPS) is 20.1. The molecule has 1 saturated heterocycles. The van der Waals surface area contributed by atoms with Crippen LogP contribution >= 0.6 is 0 Å². The second-order valence-corrected chi connectivity index (χ2v) is 5.51.